The zero-order valence-corrected chi connectivity index (χ0v) is 29.6. The van der Waals surface area contributed by atoms with E-state index in [1.54, 1.807) is 0 Å². The average Bonchev–Trinajstić information content (AvgIpc) is 2.91. The molecule has 9 heteroatoms. The SMILES string of the molecule is CCCCC(CC)C(=O)[O-].CCCCC(CC)C(=O)[O-].CCCCC(CC)C(=O)[O-].CCCCC(CC)C(=O)[O-].[Ir+4]. The maximum absolute atomic E-state index is 10.3. The molecule has 0 aromatic rings. The van der Waals surface area contributed by atoms with Crippen molar-refractivity contribution >= 4 is 23.9 Å². The van der Waals surface area contributed by atoms with Gasteiger partial charge in [0.15, 0.2) is 0 Å². The Labute approximate surface area is 264 Å². The monoisotopic (exact) mass is 765 g/mol. The number of rotatable bonds is 20. The Bertz CT molecular complexity index is 509. The fourth-order valence-corrected chi connectivity index (χ4v) is 3.76. The van der Waals surface area contributed by atoms with Gasteiger partial charge in [-0.05, 0) is 75.0 Å². The molecule has 4 unspecified atom stereocenters. The fourth-order valence-electron chi connectivity index (χ4n) is 3.76. The summed E-state index contributed by atoms with van der Waals surface area (Å²) in [6.45, 7) is 15.8. The van der Waals surface area contributed by atoms with Gasteiger partial charge in [0.2, 0.25) is 0 Å². The standard InChI is InChI=1S/4C8H16O2.Ir/c4*1-3-5-6-7(4-2)8(9)10;/h4*7H,3-6H2,1-2H3,(H,9,10);/q;;;;+4/p-4. The van der Waals surface area contributed by atoms with Gasteiger partial charge >= 0.3 is 20.1 Å². The molecule has 0 aliphatic carbocycles. The summed E-state index contributed by atoms with van der Waals surface area (Å²) in [5.74, 6) is -4.46. The number of unbranched alkanes of at least 4 members (excludes halogenated alkanes) is 4. The van der Waals surface area contributed by atoms with Crippen molar-refractivity contribution in [3.8, 4) is 0 Å². The molecule has 0 heterocycles. The molecule has 8 nitrogen and oxygen atoms in total. The normalized spacial score (nSPS) is 12.7. The van der Waals surface area contributed by atoms with E-state index in [1.807, 2.05) is 27.7 Å². The minimum absolute atomic E-state index is 0. The summed E-state index contributed by atoms with van der Waals surface area (Å²) in [5, 5.41) is 41.3. The van der Waals surface area contributed by atoms with E-state index in [1.165, 1.54) is 0 Å². The van der Waals surface area contributed by atoms with Crippen LogP contribution in [0.25, 0.3) is 0 Å². The molecule has 245 valence electrons. The molecule has 0 rings (SSSR count). The molecule has 0 saturated carbocycles. The number of hydrogen-bond acceptors (Lipinski definition) is 8. The fraction of sp³-hybridized carbons (Fsp3) is 0.875. The topological polar surface area (TPSA) is 161 Å². The Morgan fingerprint density at radius 1 is 0.390 bits per heavy atom. The van der Waals surface area contributed by atoms with Crippen LogP contribution in [0.1, 0.15) is 158 Å². The summed E-state index contributed by atoms with van der Waals surface area (Å²) in [5.41, 5.74) is 0. The van der Waals surface area contributed by atoms with E-state index in [4.69, 9.17) is 0 Å². The maximum Gasteiger partial charge on any atom is 4.00 e. The maximum atomic E-state index is 10.3. The molecular weight excluding hydrogens is 705 g/mol. The van der Waals surface area contributed by atoms with E-state index < -0.39 is 23.9 Å². The Balaban J connectivity index is -0.000000139. The number of carboxylic acids is 4. The van der Waals surface area contributed by atoms with Gasteiger partial charge < -0.3 is 39.6 Å². The van der Waals surface area contributed by atoms with Crippen molar-refractivity contribution in [1.29, 1.82) is 0 Å². The van der Waals surface area contributed by atoms with Crippen LogP contribution in [0.3, 0.4) is 0 Å². The summed E-state index contributed by atoms with van der Waals surface area (Å²) in [6, 6.07) is 0. The number of aliphatic carboxylic acids is 4. The average molecular weight is 765 g/mol. The van der Waals surface area contributed by atoms with Crippen molar-refractivity contribution in [3.05, 3.63) is 0 Å². The molecule has 41 heavy (non-hydrogen) atoms. The Kier molecular flexibility index (Phi) is 43.9. The number of carbonyl (C=O) groups is 4. The number of carbonyl (C=O) groups excluding carboxylic acids is 4. The second kappa shape index (κ2) is 36.6. The van der Waals surface area contributed by atoms with E-state index in [0.29, 0.717) is 25.7 Å². The van der Waals surface area contributed by atoms with E-state index in [2.05, 4.69) is 27.7 Å². The molecule has 0 bridgehead atoms. The third kappa shape index (κ3) is 34.6. The Hall–Kier alpha value is -1.47. The summed E-state index contributed by atoms with van der Waals surface area (Å²) in [6.07, 6.45) is 14.1. The first-order valence-electron chi connectivity index (χ1n) is 15.7. The van der Waals surface area contributed by atoms with Gasteiger partial charge in [-0.2, -0.15) is 0 Å². The zero-order valence-electron chi connectivity index (χ0n) is 27.2. The van der Waals surface area contributed by atoms with Crippen LogP contribution in [-0.2, 0) is 39.3 Å². The van der Waals surface area contributed by atoms with E-state index in [9.17, 15) is 39.6 Å². The molecule has 0 aromatic heterocycles. The van der Waals surface area contributed by atoms with Gasteiger partial charge in [0.25, 0.3) is 0 Å². The molecule has 0 aliphatic rings. The summed E-state index contributed by atoms with van der Waals surface area (Å²) in [4.78, 5) is 41.3. The van der Waals surface area contributed by atoms with Crippen molar-refractivity contribution in [2.24, 2.45) is 23.7 Å². The molecule has 0 fully saturated rings. The van der Waals surface area contributed by atoms with Crippen LogP contribution in [0, 0.1) is 23.7 Å². The van der Waals surface area contributed by atoms with Crippen LogP contribution in [0.15, 0.2) is 0 Å². The minimum Gasteiger partial charge on any atom is -0.550 e. The van der Waals surface area contributed by atoms with Gasteiger partial charge in [-0.1, -0.05) is 107 Å². The van der Waals surface area contributed by atoms with Crippen molar-refractivity contribution in [2.75, 3.05) is 0 Å². The van der Waals surface area contributed by atoms with Crippen molar-refractivity contribution < 1.29 is 59.7 Å². The molecular formula is C32H60IrO8. The molecule has 0 amide bonds. The quantitative estimate of drug-likeness (QED) is 0.181. The molecule has 0 aromatic carbocycles. The van der Waals surface area contributed by atoms with E-state index in [-0.39, 0.29) is 43.8 Å². The van der Waals surface area contributed by atoms with Crippen LogP contribution in [0.2, 0.25) is 0 Å². The van der Waals surface area contributed by atoms with Crippen molar-refractivity contribution in [3.63, 3.8) is 0 Å². The molecule has 0 saturated heterocycles. The molecule has 1 radical (unpaired) electrons. The first-order valence-corrected chi connectivity index (χ1v) is 15.7. The van der Waals surface area contributed by atoms with Crippen LogP contribution in [0.5, 0.6) is 0 Å². The molecule has 4 atom stereocenters. The minimum atomic E-state index is -0.893. The van der Waals surface area contributed by atoms with Gasteiger partial charge in [0, 0.05) is 23.9 Å². The second-order valence-corrected chi connectivity index (χ2v) is 10.3. The van der Waals surface area contributed by atoms with Crippen LogP contribution in [-0.4, -0.2) is 23.9 Å². The van der Waals surface area contributed by atoms with Crippen LogP contribution >= 0.6 is 0 Å². The van der Waals surface area contributed by atoms with Crippen LogP contribution in [0.4, 0.5) is 0 Å². The zero-order chi connectivity index (χ0) is 31.9. The van der Waals surface area contributed by atoms with Crippen LogP contribution < -0.4 is 20.4 Å². The van der Waals surface area contributed by atoms with Crippen molar-refractivity contribution in [2.45, 2.75) is 158 Å². The largest absolute Gasteiger partial charge is 4.00 e. The molecule has 0 N–H and O–H groups in total. The van der Waals surface area contributed by atoms with Gasteiger partial charge in [-0.15, -0.1) is 0 Å². The summed E-state index contributed by atoms with van der Waals surface area (Å²) < 4.78 is 0. The Morgan fingerprint density at radius 2 is 0.537 bits per heavy atom. The molecule has 0 aliphatic heterocycles. The van der Waals surface area contributed by atoms with Crippen molar-refractivity contribution in [1.82, 2.24) is 0 Å². The Morgan fingerprint density at radius 3 is 0.610 bits per heavy atom. The molecule has 0 spiro atoms. The number of hydrogen-bond donors (Lipinski definition) is 0. The summed E-state index contributed by atoms with van der Waals surface area (Å²) >= 11 is 0. The third-order valence-corrected chi connectivity index (χ3v) is 6.93. The van der Waals surface area contributed by atoms with Gasteiger partial charge in [0.05, 0.1) is 0 Å². The first-order chi connectivity index (χ1) is 18.9. The van der Waals surface area contributed by atoms with Gasteiger partial charge in [-0.25, -0.2) is 0 Å². The van der Waals surface area contributed by atoms with Gasteiger partial charge in [0.1, 0.15) is 0 Å². The first kappa shape index (κ1) is 49.2. The predicted molar refractivity (Wildman–Crippen MR) is 153 cm³/mol. The summed E-state index contributed by atoms with van der Waals surface area (Å²) in [7, 11) is 0. The smallest absolute Gasteiger partial charge is 0.550 e. The van der Waals surface area contributed by atoms with E-state index in [0.717, 1.165) is 77.0 Å². The predicted octanol–water partition coefficient (Wildman–Crippen LogP) is 3.81. The second-order valence-electron chi connectivity index (χ2n) is 10.3. The number of carboxylic acid groups (broad SMARTS) is 4. The third-order valence-electron chi connectivity index (χ3n) is 6.93. The van der Waals surface area contributed by atoms with Gasteiger partial charge in [-0.3, -0.25) is 0 Å². The van der Waals surface area contributed by atoms with E-state index >= 15 is 0 Å².